The van der Waals surface area contributed by atoms with Crippen LogP contribution in [0.3, 0.4) is 0 Å². The molecule has 1 aliphatic rings. The quantitative estimate of drug-likeness (QED) is 0.890. The lowest BCUT2D eigenvalue weighted by molar-refractivity contribution is 0.490. The maximum atomic E-state index is 13.4. The molecule has 1 aromatic carbocycles. The molecule has 1 aromatic rings. The molecule has 0 bridgehead atoms. The van der Waals surface area contributed by atoms with Crippen LogP contribution in [0.2, 0.25) is 0 Å². The standard InChI is InChI=1S/C15H23FN2/c1-10(2)14-5-4-8-18(14)15-7-6-12(16)9-13(15)11(3)17/h6-7,9-11,14H,4-5,8,17H2,1-3H3/t11-,14?/m0/s1. The molecule has 0 amide bonds. The van der Waals surface area contributed by atoms with Gasteiger partial charge in [-0.15, -0.1) is 0 Å². The van der Waals surface area contributed by atoms with E-state index in [1.54, 1.807) is 6.07 Å². The summed E-state index contributed by atoms with van der Waals surface area (Å²) in [6, 6.07) is 5.42. The highest BCUT2D eigenvalue weighted by molar-refractivity contribution is 5.56. The summed E-state index contributed by atoms with van der Waals surface area (Å²) in [5, 5.41) is 0. The average molecular weight is 250 g/mol. The minimum atomic E-state index is -0.202. The summed E-state index contributed by atoms with van der Waals surface area (Å²) >= 11 is 0. The van der Waals surface area contributed by atoms with E-state index in [0.29, 0.717) is 12.0 Å². The number of nitrogens with two attached hydrogens (primary N) is 1. The first-order valence-corrected chi connectivity index (χ1v) is 6.82. The van der Waals surface area contributed by atoms with E-state index < -0.39 is 0 Å². The SMILES string of the molecule is CC(C)C1CCCN1c1ccc(F)cc1[C@H](C)N. The van der Waals surface area contributed by atoms with E-state index in [0.717, 1.165) is 17.8 Å². The van der Waals surface area contributed by atoms with Crippen molar-refractivity contribution in [2.75, 3.05) is 11.4 Å². The molecule has 0 saturated carbocycles. The first-order valence-electron chi connectivity index (χ1n) is 6.82. The van der Waals surface area contributed by atoms with Crippen LogP contribution in [0.25, 0.3) is 0 Å². The summed E-state index contributed by atoms with van der Waals surface area (Å²) in [5.41, 5.74) is 8.01. The summed E-state index contributed by atoms with van der Waals surface area (Å²) < 4.78 is 13.4. The molecule has 18 heavy (non-hydrogen) atoms. The second-order valence-electron chi connectivity index (χ2n) is 5.64. The molecule has 0 spiro atoms. The van der Waals surface area contributed by atoms with Crippen LogP contribution in [-0.2, 0) is 0 Å². The maximum Gasteiger partial charge on any atom is 0.123 e. The van der Waals surface area contributed by atoms with Gasteiger partial charge in [-0.1, -0.05) is 13.8 Å². The number of benzene rings is 1. The van der Waals surface area contributed by atoms with Crippen molar-refractivity contribution in [2.45, 2.75) is 45.7 Å². The molecule has 2 N–H and O–H groups in total. The van der Waals surface area contributed by atoms with Crippen LogP contribution in [0.4, 0.5) is 10.1 Å². The van der Waals surface area contributed by atoms with Crippen LogP contribution in [0.5, 0.6) is 0 Å². The lowest BCUT2D eigenvalue weighted by atomic mass is 9.99. The highest BCUT2D eigenvalue weighted by Gasteiger charge is 2.29. The summed E-state index contributed by atoms with van der Waals surface area (Å²) in [7, 11) is 0. The Kier molecular flexibility index (Phi) is 3.91. The predicted molar refractivity (Wildman–Crippen MR) is 74.2 cm³/mol. The summed E-state index contributed by atoms with van der Waals surface area (Å²) in [5.74, 6) is 0.407. The molecule has 1 aliphatic heterocycles. The van der Waals surface area contributed by atoms with Crippen LogP contribution in [-0.4, -0.2) is 12.6 Å². The van der Waals surface area contributed by atoms with Crippen LogP contribution in [0, 0.1) is 11.7 Å². The number of rotatable bonds is 3. The molecule has 3 heteroatoms. The molecule has 1 unspecified atom stereocenters. The third kappa shape index (κ3) is 2.51. The lowest BCUT2D eigenvalue weighted by Gasteiger charge is -2.32. The number of hydrogen-bond donors (Lipinski definition) is 1. The van der Waals surface area contributed by atoms with E-state index in [-0.39, 0.29) is 11.9 Å². The topological polar surface area (TPSA) is 29.3 Å². The average Bonchev–Trinajstić information content (AvgIpc) is 2.77. The fourth-order valence-electron chi connectivity index (χ4n) is 2.94. The highest BCUT2D eigenvalue weighted by atomic mass is 19.1. The number of anilines is 1. The van der Waals surface area contributed by atoms with E-state index in [4.69, 9.17) is 5.73 Å². The molecule has 0 aliphatic carbocycles. The Bertz CT molecular complexity index is 415. The molecule has 1 fully saturated rings. The fourth-order valence-corrected chi connectivity index (χ4v) is 2.94. The van der Waals surface area contributed by atoms with Crippen molar-refractivity contribution < 1.29 is 4.39 Å². The zero-order chi connectivity index (χ0) is 13.3. The normalized spacial score (nSPS) is 21.7. The van der Waals surface area contributed by atoms with Crippen molar-refractivity contribution in [1.82, 2.24) is 0 Å². The molecular formula is C15H23FN2. The molecule has 0 aromatic heterocycles. The van der Waals surface area contributed by atoms with E-state index in [2.05, 4.69) is 18.7 Å². The smallest absolute Gasteiger partial charge is 0.123 e. The van der Waals surface area contributed by atoms with E-state index in [1.807, 2.05) is 13.0 Å². The zero-order valence-corrected chi connectivity index (χ0v) is 11.5. The highest BCUT2D eigenvalue weighted by Crippen LogP contribution is 2.34. The Hall–Kier alpha value is -1.09. The van der Waals surface area contributed by atoms with Gasteiger partial charge in [-0.2, -0.15) is 0 Å². The number of hydrogen-bond acceptors (Lipinski definition) is 2. The van der Waals surface area contributed by atoms with Gasteiger partial charge in [0.05, 0.1) is 0 Å². The Morgan fingerprint density at radius 2 is 2.06 bits per heavy atom. The minimum absolute atomic E-state index is 0.135. The van der Waals surface area contributed by atoms with E-state index >= 15 is 0 Å². The van der Waals surface area contributed by atoms with Gasteiger partial charge in [-0.3, -0.25) is 0 Å². The molecule has 1 heterocycles. The minimum Gasteiger partial charge on any atom is -0.368 e. The first-order chi connectivity index (χ1) is 8.50. The zero-order valence-electron chi connectivity index (χ0n) is 11.5. The van der Waals surface area contributed by atoms with Gasteiger partial charge in [0, 0.05) is 24.3 Å². The van der Waals surface area contributed by atoms with Gasteiger partial charge in [-0.25, -0.2) is 4.39 Å². The van der Waals surface area contributed by atoms with E-state index in [9.17, 15) is 4.39 Å². The fraction of sp³-hybridized carbons (Fsp3) is 0.600. The molecule has 2 nitrogen and oxygen atoms in total. The van der Waals surface area contributed by atoms with E-state index in [1.165, 1.54) is 18.9 Å². The summed E-state index contributed by atoms with van der Waals surface area (Å²) in [6.45, 7) is 7.46. The van der Waals surface area contributed by atoms with Gasteiger partial charge in [0.2, 0.25) is 0 Å². The first kappa shape index (κ1) is 13.3. The Balaban J connectivity index is 2.38. The third-order valence-corrected chi connectivity index (χ3v) is 3.86. The molecule has 2 rings (SSSR count). The predicted octanol–water partition coefficient (Wildman–Crippen LogP) is 3.47. The van der Waals surface area contributed by atoms with Crippen molar-refractivity contribution in [3.8, 4) is 0 Å². The van der Waals surface area contributed by atoms with Gasteiger partial charge in [0.1, 0.15) is 5.82 Å². The van der Waals surface area contributed by atoms with Crippen molar-refractivity contribution in [3.05, 3.63) is 29.6 Å². The molecule has 100 valence electrons. The Morgan fingerprint density at radius 1 is 1.33 bits per heavy atom. The largest absolute Gasteiger partial charge is 0.368 e. The van der Waals surface area contributed by atoms with Crippen LogP contribution in [0.1, 0.15) is 45.2 Å². The lowest BCUT2D eigenvalue weighted by Crippen LogP contribution is -2.34. The van der Waals surface area contributed by atoms with Crippen molar-refractivity contribution in [3.63, 3.8) is 0 Å². The molecule has 2 atom stereocenters. The molecule has 0 radical (unpaired) electrons. The van der Waals surface area contributed by atoms with Gasteiger partial charge in [0.15, 0.2) is 0 Å². The van der Waals surface area contributed by atoms with Crippen LogP contribution >= 0.6 is 0 Å². The molecule has 1 saturated heterocycles. The Morgan fingerprint density at radius 3 is 2.67 bits per heavy atom. The van der Waals surface area contributed by atoms with Crippen molar-refractivity contribution >= 4 is 5.69 Å². The van der Waals surface area contributed by atoms with Crippen molar-refractivity contribution in [1.29, 1.82) is 0 Å². The number of halogens is 1. The van der Waals surface area contributed by atoms with Gasteiger partial charge in [0.25, 0.3) is 0 Å². The van der Waals surface area contributed by atoms with Crippen molar-refractivity contribution in [2.24, 2.45) is 11.7 Å². The van der Waals surface area contributed by atoms with Crippen LogP contribution in [0.15, 0.2) is 18.2 Å². The number of nitrogens with zero attached hydrogens (tertiary/aromatic N) is 1. The summed E-state index contributed by atoms with van der Waals surface area (Å²) in [4.78, 5) is 2.41. The summed E-state index contributed by atoms with van der Waals surface area (Å²) in [6.07, 6.45) is 2.42. The monoisotopic (exact) mass is 250 g/mol. The van der Waals surface area contributed by atoms with Crippen LogP contribution < -0.4 is 10.6 Å². The molecular weight excluding hydrogens is 227 g/mol. The van der Waals surface area contributed by atoms with Gasteiger partial charge < -0.3 is 10.6 Å². The second-order valence-corrected chi connectivity index (χ2v) is 5.64. The second kappa shape index (κ2) is 5.27. The third-order valence-electron chi connectivity index (χ3n) is 3.86. The maximum absolute atomic E-state index is 13.4. The van der Waals surface area contributed by atoms with Gasteiger partial charge >= 0.3 is 0 Å². The Labute approximate surface area is 109 Å². The van der Waals surface area contributed by atoms with Gasteiger partial charge in [-0.05, 0) is 49.4 Å².